The van der Waals surface area contributed by atoms with Crippen LogP contribution in [0.15, 0.2) is 64.8 Å². The van der Waals surface area contributed by atoms with Gasteiger partial charge in [-0.15, -0.1) is 10.2 Å². The number of aromatic nitrogens is 2. The van der Waals surface area contributed by atoms with E-state index in [4.69, 9.17) is 0 Å². The standard InChI is InChI=1S/C17H12N4O2/c22-16(14-9-10-5-1-3-7-12(10)18-14)21-20-15-11-6-2-4-8-13(11)19-17(15)23/h1-9,18-19,23H. The largest absolute Gasteiger partial charge is 0.493 e. The van der Waals surface area contributed by atoms with Crippen LogP contribution in [0.2, 0.25) is 0 Å². The summed E-state index contributed by atoms with van der Waals surface area (Å²) in [6.45, 7) is 0. The van der Waals surface area contributed by atoms with Crippen LogP contribution in [0.3, 0.4) is 0 Å². The first-order valence-electron chi connectivity index (χ1n) is 7.06. The molecule has 23 heavy (non-hydrogen) atoms. The average molecular weight is 304 g/mol. The minimum atomic E-state index is -0.495. The number of amides is 1. The van der Waals surface area contributed by atoms with E-state index >= 15 is 0 Å². The fourth-order valence-corrected chi connectivity index (χ4v) is 2.55. The second-order valence-electron chi connectivity index (χ2n) is 5.14. The maximum absolute atomic E-state index is 12.2. The van der Waals surface area contributed by atoms with Crippen molar-refractivity contribution in [3.8, 4) is 5.88 Å². The van der Waals surface area contributed by atoms with Crippen molar-refractivity contribution in [3.63, 3.8) is 0 Å². The van der Waals surface area contributed by atoms with Crippen molar-refractivity contribution < 1.29 is 9.90 Å². The molecule has 0 aliphatic carbocycles. The van der Waals surface area contributed by atoms with Gasteiger partial charge in [0.1, 0.15) is 5.69 Å². The molecule has 6 heteroatoms. The van der Waals surface area contributed by atoms with E-state index in [9.17, 15) is 9.90 Å². The van der Waals surface area contributed by atoms with Crippen LogP contribution in [0.1, 0.15) is 10.5 Å². The maximum Gasteiger partial charge on any atom is 0.311 e. The van der Waals surface area contributed by atoms with Gasteiger partial charge >= 0.3 is 5.91 Å². The predicted octanol–water partition coefficient (Wildman–Crippen LogP) is 4.28. The van der Waals surface area contributed by atoms with Gasteiger partial charge in [0.25, 0.3) is 0 Å². The van der Waals surface area contributed by atoms with Gasteiger partial charge in [-0.25, -0.2) is 0 Å². The van der Waals surface area contributed by atoms with Gasteiger partial charge in [-0.3, -0.25) is 4.79 Å². The number of aromatic amines is 2. The van der Waals surface area contributed by atoms with Crippen molar-refractivity contribution >= 4 is 33.4 Å². The second kappa shape index (κ2) is 5.10. The van der Waals surface area contributed by atoms with Gasteiger partial charge in [-0.2, -0.15) is 0 Å². The molecule has 0 aliphatic heterocycles. The molecule has 0 saturated carbocycles. The third kappa shape index (κ3) is 2.26. The minimum absolute atomic E-state index is 0.112. The SMILES string of the molecule is O=C(N=Nc1c(O)[nH]c2ccccc12)c1cc2ccccc2[nH]1. The molecule has 0 bridgehead atoms. The van der Waals surface area contributed by atoms with Crippen LogP contribution < -0.4 is 0 Å². The number of para-hydroxylation sites is 2. The first-order valence-corrected chi connectivity index (χ1v) is 7.06. The van der Waals surface area contributed by atoms with E-state index in [1.54, 1.807) is 12.1 Å². The van der Waals surface area contributed by atoms with E-state index in [2.05, 4.69) is 20.2 Å². The second-order valence-corrected chi connectivity index (χ2v) is 5.14. The smallest absolute Gasteiger partial charge is 0.311 e. The Morgan fingerprint density at radius 1 is 0.957 bits per heavy atom. The van der Waals surface area contributed by atoms with Crippen LogP contribution in [0.25, 0.3) is 21.8 Å². The number of rotatable bonds is 2. The van der Waals surface area contributed by atoms with E-state index in [0.29, 0.717) is 11.1 Å². The Bertz CT molecular complexity index is 1030. The summed E-state index contributed by atoms with van der Waals surface area (Å²) in [7, 11) is 0. The van der Waals surface area contributed by atoms with Crippen molar-refractivity contribution in [3.05, 3.63) is 60.3 Å². The van der Waals surface area contributed by atoms with Gasteiger partial charge in [-0.05, 0) is 18.2 Å². The Labute approximate surface area is 130 Å². The molecule has 4 rings (SSSR count). The molecule has 0 atom stereocenters. The Kier molecular flexibility index (Phi) is 2.94. The van der Waals surface area contributed by atoms with E-state index in [1.165, 1.54) is 0 Å². The van der Waals surface area contributed by atoms with E-state index in [-0.39, 0.29) is 11.6 Å². The normalized spacial score (nSPS) is 11.7. The summed E-state index contributed by atoms with van der Waals surface area (Å²) >= 11 is 0. The molecule has 0 aliphatic rings. The zero-order valence-corrected chi connectivity index (χ0v) is 11.9. The van der Waals surface area contributed by atoms with Gasteiger partial charge in [0.05, 0.1) is 5.52 Å². The quantitative estimate of drug-likeness (QED) is 0.482. The number of hydrogen-bond donors (Lipinski definition) is 3. The highest BCUT2D eigenvalue weighted by Crippen LogP contribution is 2.35. The monoisotopic (exact) mass is 304 g/mol. The Balaban J connectivity index is 1.69. The number of benzene rings is 2. The molecule has 2 aromatic carbocycles. The minimum Gasteiger partial charge on any atom is -0.493 e. The molecule has 2 heterocycles. The van der Waals surface area contributed by atoms with Gasteiger partial charge in [0.2, 0.25) is 5.88 Å². The molecule has 0 unspecified atom stereocenters. The molecule has 1 amide bonds. The van der Waals surface area contributed by atoms with E-state index in [0.717, 1.165) is 16.4 Å². The number of hydrogen-bond acceptors (Lipinski definition) is 3. The van der Waals surface area contributed by atoms with Crippen LogP contribution in [0, 0.1) is 0 Å². The highest BCUT2D eigenvalue weighted by atomic mass is 16.3. The molecular formula is C17H12N4O2. The first-order chi connectivity index (χ1) is 11.2. The third-order valence-corrected chi connectivity index (χ3v) is 3.66. The van der Waals surface area contributed by atoms with E-state index in [1.807, 2.05) is 42.5 Å². The van der Waals surface area contributed by atoms with Crippen LogP contribution in [-0.2, 0) is 0 Å². The first kappa shape index (κ1) is 13.3. The molecule has 2 aromatic heterocycles. The molecular weight excluding hydrogens is 292 g/mol. The number of carbonyl (C=O) groups is 1. The predicted molar refractivity (Wildman–Crippen MR) is 87.1 cm³/mol. The zero-order chi connectivity index (χ0) is 15.8. The topological polar surface area (TPSA) is 93.6 Å². The number of nitrogens with zero attached hydrogens (tertiary/aromatic N) is 2. The number of carbonyl (C=O) groups excluding carboxylic acids is 1. The lowest BCUT2D eigenvalue weighted by Crippen LogP contribution is -1.92. The Hall–Kier alpha value is -3.41. The lowest BCUT2D eigenvalue weighted by atomic mass is 10.2. The molecule has 6 nitrogen and oxygen atoms in total. The molecule has 3 N–H and O–H groups in total. The van der Waals surface area contributed by atoms with Gasteiger partial charge < -0.3 is 15.1 Å². The third-order valence-electron chi connectivity index (χ3n) is 3.66. The number of aromatic hydroxyl groups is 1. The van der Waals surface area contributed by atoms with Gasteiger partial charge in [0.15, 0.2) is 5.69 Å². The lowest BCUT2D eigenvalue weighted by molar-refractivity contribution is 0.0991. The zero-order valence-electron chi connectivity index (χ0n) is 11.9. The molecule has 112 valence electrons. The van der Waals surface area contributed by atoms with Crippen LogP contribution >= 0.6 is 0 Å². The van der Waals surface area contributed by atoms with Crippen molar-refractivity contribution in [2.24, 2.45) is 10.2 Å². The van der Waals surface area contributed by atoms with Crippen molar-refractivity contribution in [1.29, 1.82) is 0 Å². The van der Waals surface area contributed by atoms with Crippen LogP contribution in [0.4, 0.5) is 5.69 Å². The maximum atomic E-state index is 12.2. The molecule has 0 saturated heterocycles. The summed E-state index contributed by atoms with van der Waals surface area (Å²) < 4.78 is 0. The van der Waals surface area contributed by atoms with Gasteiger partial charge in [0, 0.05) is 16.3 Å². The van der Waals surface area contributed by atoms with E-state index < -0.39 is 5.91 Å². The number of H-pyrrole nitrogens is 2. The molecule has 0 radical (unpaired) electrons. The fourth-order valence-electron chi connectivity index (χ4n) is 2.55. The Morgan fingerprint density at radius 2 is 1.70 bits per heavy atom. The number of nitrogens with one attached hydrogen (secondary N) is 2. The number of azo groups is 1. The van der Waals surface area contributed by atoms with Crippen LogP contribution in [-0.4, -0.2) is 21.0 Å². The summed E-state index contributed by atoms with van der Waals surface area (Å²) in [6.07, 6.45) is 0. The average Bonchev–Trinajstić information content (AvgIpc) is 3.13. The highest BCUT2D eigenvalue weighted by molar-refractivity contribution is 5.99. The van der Waals surface area contributed by atoms with Crippen molar-refractivity contribution in [1.82, 2.24) is 9.97 Å². The fraction of sp³-hybridized carbons (Fsp3) is 0. The van der Waals surface area contributed by atoms with Gasteiger partial charge in [-0.1, -0.05) is 36.4 Å². The summed E-state index contributed by atoms with van der Waals surface area (Å²) in [4.78, 5) is 18.0. The molecule has 0 spiro atoms. The summed E-state index contributed by atoms with van der Waals surface area (Å²) in [5, 5.41) is 19.2. The van der Waals surface area contributed by atoms with Crippen molar-refractivity contribution in [2.75, 3.05) is 0 Å². The molecule has 0 fully saturated rings. The van der Waals surface area contributed by atoms with Crippen LogP contribution in [0.5, 0.6) is 5.88 Å². The summed E-state index contributed by atoms with van der Waals surface area (Å²) in [6, 6.07) is 16.6. The lowest BCUT2D eigenvalue weighted by Gasteiger charge is -1.91. The summed E-state index contributed by atoms with van der Waals surface area (Å²) in [5.74, 6) is -0.606. The highest BCUT2D eigenvalue weighted by Gasteiger charge is 2.12. The number of fused-ring (bicyclic) bond motifs is 2. The molecule has 4 aromatic rings. The Morgan fingerprint density at radius 3 is 2.52 bits per heavy atom. The van der Waals surface area contributed by atoms with Crippen molar-refractivity contribution in [2.45, 2.75) is 0 Å². The summed E-state index contributed by atoms with van der Waals surface area (Å²) in [5.41, 5.74) is 2.21.